The number of rotatable bonds is 3. The number of hydrogen-bond donors (Lipinski definition) is 3. The molecule has 0 aliphatic carbocycles. The molecule has 3 rings (SSSR count). The first-order chi connectivity index (χ1) is 11.6. The van der Waals surface area contributed by atoms with Crippen LogP contribution in [0.4, 0.5) is 10.5 Å². The number of hydrogen-bond acceptors (Lipinski definition) is 3. The number of anilines is 1. The molecule has 0 radical (unpaired) electrons. The Balaban J connectivity index is 1.48. The average molecular weight is 330 g/mol. The van der Waals surface area contributed by atoms with Gasteiger partial charge >= 0.3 is 6.03 Å². The van der Waals surface area contributed by atoms with Gasteiger partial charge in [0.2, 0.25) is 5.91 Å². The van der Waals surface area contributed by atoms with Crippen molar-refractivity contribution in [1.29, 1.82) is 0 Å². The summed E-state index contributed by atoms with van der Waals surface area (Å²) in [5.74, 6) is 0.0558. The highest BCUT2D eigenvalue weighted by atomic mass is 16.2. The van der Waals surface area contributed by atoms with Crippen LogP contribution in [-0.4, -0.2) is 48.6 Å². The Labute approximate surface area is 143 Å². The number of aryl methyl sites for hydroxylation is 1. The van der Waals surface area contributed by atoms with Gasteiger partial charge in [0, 0.05) is 37.8 Å². The monoisotopic (exact) mass is 330 g/mol. The summed E-state index contributed by atoms with van der Waals surface area (Å²) in [4.78, 5) is 26.1. The van der Waals surface area contributed by atoms with Gasteiger partial charge in [0.15, 0.2) is 0 Å². The number of carbonyl (C=O) groups excluding carboxylic acids is 2. The molecule has 1 saturated heterocycles. The first-order valence-electron chi connectivity index (χ1n) is 8.76. The van der Waals surface area contributed by atoms with Crippen LogP contribution in [0.3, 0.4) is 0 Å². The second-order valence-corrected chi connectivity index (χ2v) is 6.67. The molecule has 6 heteroatoms. The summed E-state index contributed by atoms with van der Waals surface area (Å²) in [6, 6.07) is 6.19. The van der Waals surface area contributed by atoms with Gasteiger partial charge in [-0.15, -0.1) is 0 Å². The summed E-state index contributed by atoms with van der Waals surface area (Å²) in [6.07, 6.45) is 2.35. The molecule has 0 aromatic heterocycles. The lowest BCUT2D eigenvalue weighted by Crippen LogP contribution is -2.51. The van der Waals surface area contributed by atoms with E-state index in [2.05, 4.69) is 35.0 Å². The van der Waals surface area contributed by atoms with E-state index in [9.17, 15) is 9.59 Å². The first kappa shape index (κ1) is 16.6. The van der Waals surface area contributed by atoms with Crippen molar-refractivity contribution in [2.24, 2.45) is 0 Å². The molecule has 2 aliphatic heterocycles. The van der Waals surface area contributed by atoms with Crippen LogP contribution in [0.15, 0.2) is 18.2 Å². The molecular formula is C18H26N4O2. The highest BCUT2D eigenvalue weighted by Gasteiger charge is 2.29. The SMILES string of the molecule is CCNC(=O)N1CCC(NC(=O)C2Cc3cc(C)ccc3N2)CC1. The van der Waals surface area contributed by atoms with Crippen molar-refractivity contribution in [2.45, 2.75) is 45.2 Å². The summed E-state index contributed by atoms with van der Waals surface area (Å²) in [6.45, 7) is 6.00. The first-order valence-corrected chi connectivity index (χ1v) is 8.76. The van der Waals surface area contributed by atoms with Crippen LogP contribution >= 0.6 is 0 Å². The number of fused-ring (bicyclic) bond motifs is 1. The second-order valence-electron chi connectivity index (χ2n) is 6.67. The lowest BCUT2D eigenvalue weighted by molar-refractivity contribution is -0.122. The van der Waals surface area contributed by atoms with E-state index in [0.29, 0.717) is 19.6 Å². The van der Waals surface area contributed by atoms with Crippen LogP contribution in [0.5, 0.6) is 0 Å². The van der Waals surface area contributed by atoms with E-state index in [1.807, 2.05) is 17.9 Å². The largest absolute Gasteiger partial charge is 0.373 e. The number of nitrogens with one attached hydrogen (secondary N) is 3. The molecular weight excluding hydrogens is 304 g/mol. The van der Waals surface area contributed by atoms with Gasteiger partial charge in [-0.1, -0.05) is 17.7 Å². The molecule has 24 heavy (non-hydrogen) atoms. The minimum Gasteiger partial charge on any atom is -0.373 e. The molecule has 2 heterocycles. The zero-order valence-corrected chi connectivity index (χ0v) is 14.4. The Bertz CT molecular complexity index is 623. The van der Waals surface area contributed by atoms with Crippen molar-refractivity contribution in [3.8, 4) is 0 Å². The quantitative estimate of drug-likeness (QED) is 0.789. The Kier molecular flexibility index (Phi) is 4.92. The number of carbonyl (C=O) groups is 2. The van der Waals surface area contributed by atoms with E-state index in [1.54, 1.807) is 0 Å². The molecule has 3 amide bonds. The van der Waals surface area contributed by atoms with Crippen molar-refractivity contribution in [3.05, 3.63) is 29.3 Å². The molecule has 1 atom stereocenters. The van der Waals surface area contributed by atoms with Crippen LogP contribution in [0.25, 0.3) is 0 Å². The maximum absolute atomic E-state index is 12.5. The fraction of sp³-hybridized carbons (Fsp3) is 0.556. The van der Waals surface area contributed by atoms with Gasteiger partial charge in [-0.05, 0) is 38.3 Å². The van der Waals surface area contributed by atoms with Crippen molar-refractivity contribution >= 4 is 17.6 Å². The summed E-state index contributed by atoms with van der Waals surface area (Å²) < 4.78 is 0. The third-order valence-corrected chi connectivity index (χ3v) is 4.79. The van der Waals surface area contributed by atoms with E-state index in [-0.39, 0.29) is 24.0 Å². The fourth-order valence-corrected chi connectivity index (χ4v) is 3.44. The smallest absolute Gasteiger partial charge is 0.317 e. The van der Waals surface area contributed by atoms with E-state index < -0.39 is 0 Å². The lowest BCUT2D eigenvalue weighted by atomic mass is 10.0. The Morgan fingerprint density at radius 2 is 2.04 bits per heavy atom. The molecule has 1 fully saturated rings. The van der Waals surface area contributed by atoms with Crippen molar-refractivity contribution < 1.29 is 9.59 Å². The number of amides is 3. The lowest BCUT2D eigenvalue weighted by Gasteiger charge is -2.32. The third-order valence-electron chi connectivity index (χ3n) is 4.79. The average Bonchev–Trinajstić information content (AvgIpc) is 2.99. The minimum absolute atomic E-state index is 0.00874. The van der Waals surface area contributed by atoms with Crippen LogP contribution in [0, 0.1) is 6.92 Å². The van der Waals surface area contributed by atoms with E-state index in [0.717, 1.165) is 24.9 Å². The highest BCUT2D eigenvalue weighted by molar-refractivity contribution is 5.87. The van der Waals surface area contributed by atoms with Gasteiger partial charge in [-0.3, -0.25) is 4.79 Å². The molecule has 1 aromatic carbocycles. The molecule has 0 bridgehead atoms. The van der Waals surface area contributed by atoms with Crippen molar-refractivity contribution in [2.75, 3.05) is 25.0 Å². The summed E-state index contributed by atoms with van der Waals surface area (Å²) in [7, 11) is 0. The summed E-state index contributed by atoms with van der Waals surface area (Å²) >= 11 is 0. The minimum atomic E-state index is -0.191. The number of likely N-dealkylation sites (tertiary alicyclic amines) is 1. The van der Waals surface area contributed by atoms with Crippen molar-refractivity contribution in [3.63, 3.8) is 0 Å². The van der Waals surface area contributed by atoms with Crippen LogP contribution in [-0.2, 0) is 11.2 Å². The van der Waals surface area contributed by atoms with Crippen LogP contribution < -0.4 is 16.0 Å². The van der Waals surface area contributed by atoms with E-state index >= 15 is 0 Å². The Morgan fingerprint density at radius 1 is 1.29 bits per heavy atom. The predicted molar refractivity (Wildman–Crippen MR) is 94.1 cm³/mol. The summed E-state index contributed by atoms with van der Waals surface area (Å²) in [5.41, 5.74) is 3.49. The molecule has 1 unspecified atom stereocenters. The van der Waals surface area contributed by atoms with Crippen molar-refractivity contribution in [1.82, 2.24) is 15.5 Å². The number of piperidine rings is 1. The van der Waals surface area contributed by atoms with E-state index in [4.69, 9.17) is 0 Å². The van der Waals surface area contributed by atoms with E-state index in [1.165, 1.54) is 11.1 Å². The van der Waals surface area contributed by atoms with Crippen LogP contribution in [0.1, 0.15) is 30.9 Å². The molecule has 6 nitrogen and oxygen atoms in total. The Hall–Kier alpha value is -2.24. The number of urea groups is 1. The zero-order valence-electron chi connectivity index (χ0n) is 14.4. The molecule has 0 saturated carbocycles. The Morgan fingerprint density at radius 3 is 2.75 bits per heavy atom. The number of benzene rings is 1. The van der Waals surface area contributed by atoms with Gasteiger partial charge in [0.05, 0.1) is 0 Å². The third kappa shape index (κ3) is 3.63. The zero-order chi connectivity index (χ0) is 17.1. The topological polar surface area (TPSA) is 73.5 Å². The van der Waals surface area contributed by atoms with Gasteiger partial charge < -0.3 is 20.9 Å². The molecule has 130 valence electrons. The second kappa shape index (κ2) is 7.11. The molecule has 2 aliphatic rings. The van der Waals surface area contributed by atoms with Gasteiger partial charge in [0.25, 0.3) is 0 Å². The van der Waals surface area contributed by atoms with Crippen LogP contribution in [0.2, 0.25) is 0 Å². The van der Waals surface area contributed by atoms with Gasteiger partial charge in [0.1, 0.15) is 6.04 Å². The molecule has 3 N–H and O–H groups in total. The summed E-state index contributed by atoms with van der Waals surface area (Å²) in [5, 5.41) is 9.27. The normalized spacial score (nSPS) is 20.2. The predicted octanol–water partition coefficient (Wildman–Crippen LogP) is 1.64. The highest BCUT2D eigenvalue weighted by Crippen LogP contribution is 2.26. The molecule has 0 spiro atoms. The molecule has 1 aromatic rings. The standard InChI is InChI=1S/C18H26N4O2/c1-3-19-18(24)22-8-6-14(7-9-22)20-17(23)16-11-13-10-12(2)4-5-15(13)21-16/h4-5,10,14,16,21H,3,6-9,11H2,1-2H3,(H,19,24)(H,20,23). The van der Waals surface area contributed by atoms with Gasteiger partial charge in [-0.2, -0.15) is 0 Å². The number of nitrogens with zero attached hydrogens (tertiary/aromatic N) is 1. The fourth-order valence-electron chi connectivity index (χ4n) is 3.44. The van der Waals surface area contributed by atoms with Gasteiger partial charge in [-0.25, -0.2) is 4.79 Å². The maximum Gasteiger partial charge on any atom is 0.317 e. The maximum atomic E-state index is 12.5.